The van der Waals surface area contributed by atoms with Crippen LogP contribution >= 0.6 is 0 Å². The van der Waals surface area contributed by atoms with E-state index in [0.29, 0.717) is 25.3 Å². The van der Waals surface area contributed by atoms with Crippen LogP contribution in [0.1, 0.15) is 12.5 Å². The van der Waals surface area contributed by atoms with Gasteiger partial charge in [-0.1, -0.05) is 6.07 Å². The largest absolute Gasteiger partial charge is 0.395 e. The maximum absolute atomic E-state index is 13.6. The van der Waals surface area contributed by atoms with Gasteiger partial charge in [0.1, 0.15) is 5.82 Å². The summed E-state index contributed by atoms with van der Waals surface area (Å²) in [4.78, 5) is 1.79. The zero-order valence-electron chi connectivity index (χ0n) is 8.91. The molecular formula is C11H17FN2O. The third-order valence-electron chi connectivity index (χ3n) is 2.34. The van der Waals surface area contributed by atoms with Crippen LogP contribution in [0, 0.1) is 5.82 Å². The quantitative estimate of drug-likeness (QED) is 0.768. The van der Waals surface area contributed by atoms with Crippen molar-refractivity contribution < 1.29 is 9.50 Å². The molecule has 0 atom stereocenters. The molecule has 84 valence electrons. The highest BCUT2D eigenvalue weighted by atomic mass is 19.1. The molecule has 0 spiro atoms. The fraction of sp³-hybridized carbons (Fsp3) is 0.455. The molecule has 0 saturated heterocycles. The molecule has 0 aliphatic carbocycles. The van der Waals surface area contributed by atoms with Gasteiger partial charge in [0.15, 0.2) is 0 Å². The molecule has 1 aromatic carbocycles. The van der Waals surface area contributed by atoms with Crippen molar-refractivity contribution in [3.05, 3.63) is 29.6 Å². The van der Waals surface area contributed by atoms with Gasteiger partial charge in [-0.05, 0) is 24.6 Å². The maximum atomic E-state index is 13.6. The average Bonchev–Trinajstić information content (AvgIpc) is 2.26. The number of benzene rings is 1. The van der Waals surface area contributed by atoms with E-state index >= 15 is 0 Å². The summed E-state index contributed by atoms with van der Waals surface area (Å²) in [7, 11) is 0. The third-order valence-corrected chi connectivity index (χ3v) is 2.34. The van der Waals surface area contributed by atoms with Crippen LogP contribution < -0.4 is 10.6 Å². The molecule has 0 amide bonds. The summed E-state index contributed by atoms with van der Waals surface area (Å²) < 4.78 is 13.6. The summed E-state index contributed by atoms with van der Waals surface area (Å²) in [6.07, 6.45) is 0. The molecule has 0 aliphatic heterocycles. The van der Waals surface area contributed by atoms with Crippen molar-refractivity contribution in [1.82, 2.24) is 0 Å². The van der Waals surface area contributed by atoms with Gasteiger partial charge in [-0.15, -0.1) is 0 Å². The number of hydrogen-bond acceptors (Lipinski definition) is 3. The van der Waals surface area contributed by atoms with Crippen LogP contribution in [0.3, 0.4) is 0 Å². The zero-order valence-corrected chi connectivity index (χ0v) is 8.91. The monoisotopic (exact) mass is 212 g/mol. The molecule has 0 heterocycles. The molecule has 15 heavy (non-hydrogen) atoms. The Bertz CT molecular complexity index is 317. The molecule has 0 unspecified atom stereocenters. The number of nitrogens with zero attached hydrogens (tertiary/aromatic N) is 1. The lowest BCUT2D eigenvalue weighted by Crippen LogP contribution is -2.27. The van der Waals surface area contributed by atoms with Gasteiger partial charge in [0, 0.05) is 19.6 Å². The van der Waals surface area contributed by atoms with Crippen LogP contribution in [-0.2, 0) is 6.54 Å². The first-order valence-corrected chi connectivity index (χ1v) is 5.07. The Balaban J connectivity index is 2.92. The Morgan fingerprint density at radius 2 is 2.20 bits per heavy atom. The van der Waals surface area contributed by atoms with Gasteiger partial charge in [0.2, 0.25) is 0 Å². The van der Waals surface area contributed by atoms with Gasteiger partial charge in [-0.25, -0.2) is 4.39 Å². The fourth-order valence-corrected chi connectivity index (χ4v) is 1.50. The number of hydrogen-bond donors (Lipinski definition) is 2. The molecule has 0 fully saturated rings. The van der Waals surface area contributed by atoms with Gasteiger partial charge in [-0.2, -0.15) is 0 Å². The van der Waals surface area contributed by atoms with E-state index < -0.39 is 0 Å². The minimum Gasteiger partial charge on any atom is -0.395 e. The molecule has 1 aromatic rings. The van der Waals surface area contributed by atoms with E-state index in [4.69, 9.17) is 10.8 Å². The second kappa shape index (κ2) is 5.68. The van der Waals surface area contributed by atoms with Crippen molar-refractivity contribution >= 4 is 5.69 Å². The van der Waals surface area contributed by atoms with Gasteiger partial charge in [-0.3, -0.25) is 0 Å². The first-order valence-electron chi connectivity index (χ1n) is 5.07. The molecule has 4 heteroatoms. The summed E-state index contributed by atoms with van der Waals surface area (Å²) in [6, 6.07) is 4.95. The predicted molar refractivity (Wildman–Crippen MR) is 59.3 cm³/mol. The standard InChI is InChI=1S/C11H17FN2O/c1-2-14(5-6-15)11-4-3-9(8-13)7-10(11)12/h3-4,7,15H,2,5-6,8,13H2,1H3. The number of nitrogens with two attached hydrogens (primary N) is 1. The highest BCUT2D eigenvalue weighted by Crippen LogP contribution is 2.19. The Kier molecular flexibility index (Phi) is 4.52. The Labute approximate surface area is 89.3 Å². The van der Waals surface area contributed by atoms with Gasteiger partial charge >= 0.3 is 0 Å². The number of rotatable bonds is 5. The van der Waals surface area contributed by atoms with Crippen LogP contribution in [0.15, 0.2) is 18.2 Å². The van der Waals surface area contributed by atoms with E-state index in [-0.39, 0.29) is 12.4 Å². The lowest BCUT2D eigenvalue weighted by Gasteiger charge is -2.22. The molecular weight excluding hydrogens is 195 g/mol. The predicted octanol–water partition coefficient (Wildman–Crippen LogP) is 1.10. The van der Waals surface area contributed by atoms with Gasteiger partial charge in [0.25, 0.3) is 0 Å². The molecule has 0 aromatic heterocycles. The second-order valence-electron chi connectivity index (χ2n) is 3.29. The van der Waals surface area contributed by atoms with E-state index in [1.54, 1.807) is 17.0 Å². The smallest absolute Gasteiger partial charge is 0.146 e. The summed E-state index contributed by atoms with van der Waals surface area (Å²) in [6.45, 7) is 3.38. The number of anilines is 1. The lowest BCUT2D eigenvalue weighted by atomic mass is 10.2. The normalized spacial score (nSPS) is 10.4. The number of aliphatic hydroxyl groups is 1. The number of aliphatic hydroxyl groups excluding tert-OH is 1. The Hall–Kier alpha value is -1.13. The number of halogens is 1. The Morgan fingerprint density at radius 1 is 1.47 bits per heavy atom. The lowest BCUT2D eigenvalue weighted by molar-refractivity contribution is 0.302. The van der Waals surface area contributed by atoms with Crippen LogP contribution in [0.25, 0.3) is 0 Å². The van der Waals surface area contributed by atoms with Crippen LogP contribution in [0.4, 0.5) is 10.1 Å². The Morgan fingerprint density at radius 3 is 2.67 bits per heavy atom. The van der Waals surface area contributed by atoms with Crippen molar-refractivity contribution in [2.45, 2.75) is 13.5 Å². The molecule has 0 radical (unpaired) electrons. The highest BCUT2D eigenvalue weighted by molar-refractivity contribution is 5.49. The average molecular weight is 212 g/mol. The van der Waals surface area contributed by atoms with Gasteiger partial charge < -0.3 is 15.7 Å². The van der Waals surface area contributed by atoms with Crippen molar-refractivity contribution in [3.8, 4) is 0 Å². The zero-order chi connectivity index (χ0) is 11.3. The van der Waals surface area contributed by atoms with E-state index in [2.05, 4.69) is 0 Å². The van der Waals surface area contributed by atoms with Crippen molar-refractivity contribution in [2.75, 3.05) is 24.6 Å². The fourth-order valence-electron chi connectivity index (χ4n) is 1.50. The van der Waals surface area contributed by atoms with E-state index in [0.717, 1.165) is 5.56 Å². The third kappa shape index (κ3) is 2.91. The van der Waals surface area contributed by atoms with Crippen LogP contribution in [0.2, 0.25) is 0 Å². The molecule has 0 saturated carbocycles. The van der Waals surface area contributed by atoms with E-state index in [9.17, 15) is 4.39 Å². The van der Waals surface area contributed by atoms with Gasteiger partial charge in [0.05, 0.1) is 12.3 Å². The maximum Gasteiger partial charge on any atom is 0.146 e. The topological polar surface area (TPSA) is 49.5 Å². The van der Waals surface area contributed by atoms with Crippen molar-refractivity contribution in [3.63, 3.8) is 0 Å². The minimum absolute atomic E-state index is 0.0198. The molecule has 3 nitrogen and oxygen atoms in total. The SMILES string of the molecule is CCN(CCO)c1ccc(CN)cc1F. The van der Waals surface area contributed by atoms with Crippen molar-refractivity contribution in [2.24, 2.45) is 5.73 Å². The van der Waals surface area contributed by atoms with Crippen LogP contribution in [-0.4, -0.2) is 24.8 Å². The van der Waals surface area contributed by atoms with E-state index in [1.807, 2.05) is 6.92 Å². The number of likely N-dealkylation sites (N-methyl/N-ethyl adjacent to an activating group) is 1. The highest BCUT2D eigenvalue weighted by Gasteiger charge is 2.09. The molecule has 1 rings (SSSR count). The summed E-state index contributed by atoms with van der Waals surface area (Å²) in [5.41, 5.74) is 6.71. The molecule has 0 bridgehead atoms. The first-order chi connectivity index (χ1) is 7.22. The molecule has 0 aliphatic rings. The first kappa shape index (κ1) is 11.9. The minimum atomic E-state index is -0.284. The molecule has 3 N–H and O–H groups in total. The summed E-state index contributed by atoms with van der Waals surface area (Å²) in [5.74, 6) is -0.284. The van der Waals surface area contributed by atoms with E-state index in [1.165, 1.54) is 6.07 Å². The van der Waals surface area contributed by atoms with Crippen LogP contribution in [0.5, 0.6) is 0 Å². The summed E-state index contributed by atoms with van der Waals surface area (Å²) in [5, 5.41) is 8.84. The second-order valence-corrected chi connectivity index (χ2v) is 3.29. The summed E-state index contributed by atoms with van der Waals surface area (Å²) >= 11 is 0. The van der Waals surface area contributed by atoms with Crippen molar-refractivity contribution in [1.29, 1.82) is 0 Å².